The molecule has 0 saturated carbocycles. The minimum absolute atomic E-state index is 0.174. The average Bonchev–Trinajstić information content (AvgIpc) is 3.20. The minimum atomic E-state index is -0.174. The van der Waals surface area contributed by atoms with E-state index in [1.54, 1.807) is 12.1 Å². The van der Waals surface area contributed by atoms with Gasteiger partial charge in [0.1, 0.15) is 11.6 Å². The fourth-order valence-electron chi connectivity index (χ4n) is 1.49. The Morgan fingerprint density at radius 1 is 1.24 bits per heavy atom. The quantitative estimate of drug-likeness (QED) is 0.646. The van der Waals surface area contributed by atoms with Gasteiger partial charge in [0.15, 0.2) is 0 Å². The van der Waals surface area contributed by atoms with Crippen LogP contribution in [0.1, 0.15) is 32.8 Å². The molecule has 17 heavy (non-hydrogen) atoms. The second-order valence-electron chi connectivity index (χ2n) is 3.83. The van der Waals surface area contributed by atoms with Crippen molar-refractivity contribution in [2.45, 2.75) is 39.7 Å². The molecule has 0 amide bonds. The van der Waals surface area contributed by atoms with E-state index in [0.29, 0.717) is 0 Å². The highest BCUT2D eigenvalue weighted by molar-refractivity contribution is 5.35. The summed E-state index contributed by atoms with van der Waals surface area (Å²) in [6, 6.07) is 4.71. The molecule has 1 aromatic rings. The van der Waals surface area contributed by atoms with Crippen LogP contribution in [0.2, 0.25) is 0 Å². The molecule has 96 valence electrons. The van der Waals surface area contributed by atoms with Gasteiger partial charge >= 0.3 is 0 Å². The molecule has 2 heterocycles. The van der Waals surface area contributed by atoms with Crippen LogP contribution in [-0.2, 0) is 11.2 Å². The van der Waals surface area contributed by atoms with Gasteiger partial charge in [-0.05, 0) is 43.5 Å². The molecule has 3 rings (SSSR count). The Hall–Kier alpha value is -1.09. The lowest BCUT2D eigenvalue weighted by atomic mass is 10.0. The SMILES string of the molecule is C1CO1.CC.C[C@@H]1CCc2cc(F)ccc2O1. The summed E-state index contributed by atoms with van der Waals surface area (Å²) in [6.45, 7) is 8.03. The predicted octanol–water partition coefficient (Wildman–Crippen LogP) is 3.58. The highest BCUT2D eigenvalue weighted by Gasteiger charge is 2.15. The molecule has 2 aliphatic rings. The fourth-order valence-corrected chi connectivity index (χ4v) is 1.49. The Morgan fingerprint density at radius 3 is 2.47 bits per heavy atom. The van der Waals surface area contributed by atoms with Crippen molar-refractivity contribution >= 4 is 0 Å². The van der Waals surface area contributed by atoms with Crippen LogP contribution in [0.5, 0.6) is 5.75 Å². The molecule has 0 bridgehead atoms. The predicted molar refractivity (Wildman–Crippen MR) is 67.0 cm³/mol. The van der Waals surface area contributed by atoms with Crippen LogP contribution in [-0.4, -0.2) is 19.3 Å². The zero-order chi connectivity index (χ0) is 12.7. The van der Waals surface area contributed by atoms with E-state index in [-0.39, 0.29) is 11.9 Å². The summed E-state index contributed by atoms with van der Waals surface area (Å²) in [5.74, 6) is 0.669. The van der Waals surface area contributed by atoms with Crippen molar-refractivity contribution in [2.24, 2.45) is 0 Å². The van der Waals surface area contributed by atoms with Crippen LogP contribution < -0.4 is 4.74 Å². The number of hydrogen-bond donors (Lipinski definition) is 0. The Labute approximate surface area is 103 Å². The van der Waals surface area contributed by atoms with Crippen molar-refractivity contribution in [1.29, 1.82) is 0 Å². The van der Waals surface area contributed by atoms with Gasteiger partial charge in [-0.25, -0.2) is 4.39 Å². The number of rotatable bonds is 0. The normalized spacial score (nSPS) is 19.6. The number of fused-ring (bicyclic) bond motifs is 1. The topological polar surface area (TPSA) is 21.8 Å². The molecule has 1 saturated heterocycles. The number of benzene rings is 1. The molecule has 0 unspecified atom stereocenters. The largest absolute Gasteiger partial charge is 0.490 e. The molecule has 0 radical (unpaired) electrons. The maximum absolute atomic E-state index is 12.7. The van der Waals surface area contributed by atoms with E-state index < -0.39 is 0 Å². The third-order valence-corrected chi connectivity index (χ3v) is 2.38. The van der Waals surface area contributed by atoms with Crippen molar-refractivity contribution in [1.82, 2.24) is 0 Å². The van der Waals surface area contributed by atoms with Gasteiger partial charge < -0.3 is 9.47 Å². The van der Waals surface area contributed by atoms with E-state index in [9.17, 15) is 4.39 Å². The molecule has 2 aliphatic heterocycles. The van der Waals surface area contributed by atoms with Crippen molar-refractivity contribution in [2.75, 3.05) is 13.2 Å². The van der Waals surface area contributed by atoms with Gasteiger partial charge in [-0.3, -0.25) is 0 Å². The van der Waals surface area contributed by atoms with Gasteiger partial charge in [0, 0.05) is 0 Å². The van der Waals surface area contributed by atoms with E-state index in [4.69, 9.17) is 4.74 Å². The summed E-state index contributed by atoms with van der Waals surface area (Å²) in [7, 11) is 0. The average molecular weight is 240 g/mol. The van der Waals surface area contributed by atoms with E-state index in [0.717, 1.165) is 37.4 Å². The first-order valence-electron chi connectivity index (χ1n) is 6.28. The Kier molecular flexibility index (Phi) is 5.98. The molecular formula is C14H21FO2. The first-order chi connectivity index (χ1) is 8.25. The molecule has 0 spiro atoms. The standard InChI is InChI=1S/C10H11FO.C2H4O.C2H6/c1-7-2-3-8-6-9(11)4-5-10(8)12-7;1-2-3-1;1-2/h4-7H,2-3H2,1H3;1-2H2;1-2H3/t7-;;/m1../s1. The number of ether oxygens (including phenoxy) is 2. The second kappa shape index (κ2) is 7.28. The lowest BCUT2D eigenvalue weighted by Gasteiger charge is -2.22. The van der Waals surface area contributed by atoms with Gasteiger partial charge in [0.25, 0.3) is 0 Å². The zero-order valence-corrected chi connectivity index (χ0v) is 10.8. The summed E-state index contributed by atoms with van der Waals surface area (Å²) < 4.78 is 22.8. The van der Waals surface area contributed by atoms with Crippen LogP contribution in [0.3, 0.4) is 0 Å². The number of epoxide rings is 1. The van der Waals surface area contributed by atoms with Crippen molar-refractivity contribution < 1.29 is 13.9 Å². The van der Waals surface area contributed by atoms with E-state index in [2.05, 4.69) is 4.74 Å². The third-order valence-electron chi connectivity index (χ3n) is 2.38. The van der Waals surface area contributed by atoms with E-state index in [1.807, 2.05) is 20.8 Å². The smallest absolute Gasteiger partial charge is 0.123 e. The van der Waals surface area contributed by atoms with Gasteiger partial charge in [0.2, 0.25) is 0 Å². The van der Waals surface area contributed by atoms with Crippen LogP contribution in [0.4, 0.5) is 4.39 Å². The molecule has 1 aromatic carbocycles. The van der Waals surface area contributed by atoms with Gasteiger partial charge in [0.05, 0.1) is 19.3 Å². The summed E-state index contributed by atoms with van der Waals surface area (Å²) in [6.07, 6.45) is 2.17. The monoisotopic (exact) mass is 240 g/mol. The summed E-state index contributed by atoms with van der Waals surface area (Å²) in [4.78, 5) is 0. The molecule has 0 aromatic heterocycles. The maximum atomic E-state index is 12.7. The van der Waals surface area contributed by atoms with E-state index in [1.165, 1.54) is 6.07 Å². The second-order valence-corrected chi connectivity index (χ2v) is 3.83. The Morgan fingerprint density at radius 2 is 1.88 bits per heavy atom. The number of hydrogen-bond acceptors (Lipinski definition) is 2. The third kappa shape index (κ3) is 5.18. The Bertz CT molecular complexity index is 334. The van der Waals surface area contributed by atoms with Crippen LogP contribution in [0, 0.1) is 5.82 Å². The lowest BCUT2D eigenvalue weighted by molar-refractivity contribution is 0.192. The number of aryl methyl sites for hydroxylation is 1. The number of halogens is 1. The summed E-state index contributed by atoms with van der Waals surface area (Å²) >= 11 is 0. The molecule has 2 nitrogen and oxygen atoms in total. The first-order valence-corrected chi connectivity index (χ1v) is 6.28. The maximum Gasteiger partial charge on any atom is 0.123 e. The van der Waals surface area contributed by atoms with Crippen LogP contribution in [0.15, 0.2) is 18.2 Å². The van der Waals surface area contributed by atoms with Crippen LogP contribution in [0.25, 0.3) is 0 Å². The molecular weight excluding hydrogens is 219 g/mol. The minimum Gasteiger partial charge on any atom is -0.490 e. The Balaban J connectivity index is 0.000000245. The molecule has 0 N–H and O–H groups in total. The fraction of sp³-hybridized carbons (Fsp3) is 0.571. The highest BCUT2D eigenvalue weighted by atomic mass is 19.1. The first kappa shape index (κ1) is 14.0. The van der Waals surface area contributed by atoms with Gasteiger partial charge in [-0.2, -0.15) is 0 Å². The highest BCUT2D eigenvalue weighted by Crippen LogP contribution is 2.27. The zero-order valence-electron chi connectivity index (χ0n) is 10.8. The van der Waals surface area contributed by atoms with Gasteiger partial charge in [-0.15, -0.1) is 0 Å². The van der Waals surface area contributed by atoms with Crippen molar-refractivity contribution in [3.63, 3.8) is 0 Å². The molecule has 0 aliphatic carbocycles. The van der Waals surface area contributed by atoms with Crippen molar-refractivity contribution in [3.8, 4) is 5.75 Å². The molecule has 1 fully saturated rings. The summed E-state index contributed by atoms with van der Waals surface area (Å²) in [5, 5.41) is 0. The van der Waals surface area contributed by atoms with Crippen LogP contribution >= 0.6 is 0 Å². The van der Waals surface area contributed by atoms with E-state index >= 15 is 0 Å². The lowest BCUT2D eigenvalue weighted by Crippen LogP contribution is -2.18. The summed E-state index contributed by atoms with van der Waals surface area (Å²) in [5.41, 5.74) is 0.994. The van der Waals surface area contributed by atoms with Crippen molar-refractivity contribution in [3.05, 3.63) is 29.6 Å². The molecule has 1 atom stereocenters. The van der Waals surface area contributed by atoms with Gasteiger partial charge in [-0.1, -0.05) is 13.8 Å². The molecule has 3 heteroatoms.